The molecule has 0 aliphatic rings. The number of benzene rings is 1. The second-order valence-electron chi connectivity index (χ2n) is 3.41. The summed E-state index contributed by atoms with van der Waals surface area (Å²) >= 11 is 0. The quantitative estimate of drug-likeness (QED) is 0.596. The number of hydrogen-bond acceptors (Lipinski definition) is 4. The molecule has 0 N–H and O–H groups in total. The van der Waals surface area contributed by atoms with Gasteiger partial charge in [0.25, 0.3) is 0 Å². The van der Waals surface area contributed by atoms with Crippen molar-refractivity contribution in [2.75, 3.05) is 13.2 Å². The van der Waals surface area contributed by atoms with Crippen LogP contribution in [0.4, 0.5) is 0 Å². The van der Waals surface area contributed by atoms with Gasteiger partial charge in [-0.2, -0.15) is 10.5 Å². The first kappa shape index (κ1) is 14.2. The predicted molar refractivity (Wildman–Crippen MR) is 71.1 cm³/mol. The second kappa shape index (κ2) is 7.43. The molecule has 4 nitrogen and oxygen atoms in total. The maximum absolute atomic E-state index is 8.71. The van der Waals surface area contributed by atoms with Crippen LogP contribution in [0.15, 0.2) is 23.8 Å². The summed E-state index contributed by atoms with van der Waals surface area (Å²) in [7, 11) is 0. The van der Waals surface area contributed by atoms with Crippen LogP contribution in [-0.4, -0.2) is 13.2 Å². The molecular formula is C15H12N2O2. The molecule has 1 rings (SSSR count). The lowest BCUT2D eigenvalue weighted by Gasteiger charge is -2.10. The van der Waals surface area contributed by atoms with Crippen LogP contribution in [0.5, 0.6) is 11.5 Å². The van der Waals surface area contributed by atoms with Crippen LogP contribution >= 0.6 is 0 Å². The summed E-state index contributed by atoms with van der Waals surface area (Å²) < 4.78 is 10.8. The Kier molecular flexibility index (Phi) is 5.54. The first-order valence-corrected chi connectivity index (χ1v) is 5.60. The molecule has 0 fully saturated rings. The zero-order valence-electron chi connectivity index (χ0n) is 10.5. The Labute approximate surface area is 112 Å². The van der Waals surface area contributed by atoms with Crippen molar-refractivity contribution in [3.05, 3.63) is 29.3 Å². The zero-order chi connectivity index (χ0) is 14.1. The SMILES string of the molecule is C#CCOc1ccc(C=C(C#N)C#N)cc1OCC. The molecule has 0 spiro atoms. The predicted octanol–water partition coefficient (Wildman–Crippen LogP) is 2.53. The first-order chi connectivity index (χ1) is 9.24. The summed E-state index contributed by atoms with van der Waals surface area (Å²) in [6.07, 6.45) is 6.61. The van der Waals surface area contributed by atoms with Crippen LogP contribution in [0.3, 0.4) is 0 Å². The van der Waals surface area contributed by atoms with E-state index < -0.39 is 0 Å². The lowest BCUT2D eigenvalue weighted by atomic mass is 10.1. The van der Waals surface area contributed by atoms with E-state index in [1.54, 1.807) is 30.3 Å². The lowest BCUT2D eigenvalue weighted by Crippen LogP contribution is -1.99. The van der Waals surface area contributed by atoms with Crippen LogP contribution < -0.4 is 9.47 Å². The fourth-order valence-electron chi connectivity index (χ4n) is 1.38. The summed E-state index contributed by atoms with van der Waals surface area (Å²) in [6, 6.07) is 8.72. The van der Waals surface area contributed by atoms with Crippen molar-refractivity contribution in [1.82, 2.24) is 0 Å². The normalized spacial score (nSPS) is 8.53. The van der Waals surface area contributed by atoms with E-state index in [0.29, 0.717) is 23.7 Å². The van der Waals surface area contributed by atoms with Gasteiger partial charge in [0.05, 0.1) is 6.61 Å². The summed E-state index contributed by atoms with van der Waals surface area (Å²) in [5, 5.41) is 17.4. The van der Waals surface area contributed by atoms with Crippen molar-refractivity contribution in [2.24, 2.45) is 0 Å². The highest BCUT2D eigenvalue weighted by atomic mass is 16.5. The Morgan fingerprint density at radius 2 is 2.00 bits per heavy atom. The van der Waals surface area contributed by atoms with Crippen molar-refractivity contribution in [3.8, 4) is 36.0 Å². The van der Waals surface area contributed by atoms with Gasteiger partial charge in [-0.1, -0.05) is 12.0 Å². The average Bonchev–Trinajstić information content (AvgIpc) is 2.44. The summed E-state index contributed by atoms with van der Waals surface area (Å²) in [5.74, 6) is 3.44. The fourth-order valence-corrected chi connectivity index (χ4v) is 1.38. The Balaban J connectivity index is 3.10. The molecule has 0 bridgehead atoms. The number of ether oxygens (including phenoxy) is 2. The van der Waals surface area contributed by atoms with Crippen molar-refractivity contribution in [2.45, 2.75) is 6.92 Å². The van der Waals surface area contributed by atoms with E-state index in [9.17, 15) is 0 Å². The van der Waals surface area contributed by atoms with Crippen molar-refractivity contribution in [1.29, 1.82) is 10.5 Å². The standard InChI is InChI=1S/C15H12N2O2/c1-3-7-19-14-6-5-12(8-13(10-16)11-17)9-15(14)18-4-2/h1,5-6,8-9H,4,7H2,2H3. The number of hydrogen-bond donors (Lipinski definition) is 0. The molecule has 0 aromatic heterocycles. The lowest BCUT2D eigenvalue weighted by molar-refractivity contribution is 0.299. The number of allylic oxidation sites excluding steroid dienone is 1. The van der Waals surface area contributed by atoms with Crippen LogP contribution in [-0.2, 0) is 0 Å². The molecule has 0 atom stereocenters. The van der Waals surface area contributed by atoms with Crippen molar-refractivity contribution >= 4 is 6.08 Å². The molecule has 0 aliphatic carbocycles. The van der Waals surface area contributed by atoms with Crippen LogP contribution in [0.1, 0.15) is 12.5 Å². The molecule has 1 aromatic carbocycles. The molecule has 0 saturated heterocycles. The minimum absolute atomic E-state index is 0.0275. The highest BCUT2D eigenvalue weighted by Gasteiger charge is 2.06. The van der Waals surface area contributed by atoms with Gasteiger partial charge in [-0.05, 0) is 30.7 Å². The molecule has 1 aromatic rings. The van der Waals surface area contributed by atoms with E-state index in [1.807, 2.05) is 6.92 Å². The molecule has 4 heteroatoms. The highest BCUT2D eigenvalue weighted by molar-refractivity contribution is 5.64. The Bertz CT molecular complexity index is 582. The summed E-state index contributed by atoms with van der Waals surface area (Å²) in [6.45, 7) is 2.48. The summed E-state index contributed by atoms with van der Waals surface area (Å²) in [4.78, 5) is 0. The Morgan fingerprint density at radius 3 is 2.58 bits per heavy atom. The van der Waals surface area contributed by atoms with Crippen molar-refractivity contribution in [3.63, 3.8) is 0 Å². The zero-order valence-corrected chi connectivity index (χ0v) is 10.5. The molecule has 0 unspecified atom stereocenters. The topological polar surface area (TPSA) is 66.0 Å². The number of rotatable bonds is 5. The van der Waals surface area contributed by atoms with Gasteiger partial charge in [-0.25, -0.2) is 0 Å². The van der Waals surface area contributed by atoms with E-state index in [1.165, 1.54) is 6.08 Å². The van der Waals surface area contributed by atoms with E-state index in [4.69, 9.17) is 26.4 Å². The van der Waals surface area contributed by atoms with Crippen LogP contribution in [0, 0.1) is 35.0 Å². The molecule has 0 amide bonds. The second-order valence-corrected chi connectivity index (χ2v) is 3.41. The monoisotopic (exact) mass is 252 g/mol. The molecule has 0 radical (unpaired) electrons. The minimum Gasteiger partial charge on any atom is -0.490 e. The van der Waals surface area contributed by atoms with E-state index in [-0.39, 0.29) is 12.2 Å². The van der Waals surface area contributed by atoms with Crippen LogP contribution in [0.25, 0.3) is 6.08 Å². The van der Waals surface area contributed by atoms with E-state index in [0.717, 1.165) is 0 Å². The van der Waals surface area contributed by atoms with E-state index in [2.05, 4.69) is 5.92 Å². The molecule has 0 aliphatic heterocycles. The van der Waals surface area contributed by atoms with Gasteiger partial charge < -0.3 is 9.47 Å². The fraction of sp³-hybridized carbons (Fsp3) is 0.200. The summed E-state index contributed by atoms with van der Waals surface area (Å²) in [5.41, 5.74) is 0.717. The largest absolute Gasteiger partial charge is 0.490 e. The van der Waals surface area contributed by atoms with Gasteiger partial charge in [-0.3, -0.25) is 0 Å². The van der Waals surface area contributed by atoms with Crippen LogP contribution in [0.2, 0.25) is 0 Å². The molecule has 19 heavy (non-hydrogen) atoms. The minimum atomic E-state index is 0.0275. The number of nitriles is 2. The Hall–Kier alpha value is -2.90. The molecule has 94 valence electrons. The average molecular weight is 252 g/mol. The number of terminal acetylenes is 1. The van der Waals surface area contributed by atoms with E-state index >= 15 is 0 Å². The molecule has 0 saturated carbocycles. The van der Waals surface area contributed by atoms with Gasteiger partial charge in [0, 0.05) is 0 Å². The third-order valence-electron chi connectivity index (χ3n) is 2.13. The van der Waals surface area contributed by atoms with Gasteiger partial charge in [0.2, 0.25) is 0 Å². The van der Waals surface area contributed by atoms with Gasteiger partial charge in [-0.15, -0.1) is 6.42 Å². The highest BCUT2D eigenvalue weighted by Crippen LogP contribution is 2.29. The first-order valence-electron chi connectivity index (χ1n) is 5.60. The van der Waals surface area contributed by atoms with Crippen molar-refractivity contribution < 1.29 is 9.47 Å². The maximum atomic E-state index is 8.71. The van der Waals surface area contributed by atoms with Gasteiger partial charge in [0.15, 0.2) is 11.5 Å². The maximum Gasteiger partial charge on any atom is 0.162 e. The number of nitrogens with zero attached hydrogens (tertiary/aromatic N) is 2. The molecule has 0 heterocycles. The Morgan fingerprint density at radius 1 is 1.26 bits per heavy atom. The third-order valence-corrected chi connectivity index (χ3v) is 2.13. The third kappa shape index (κ3) is 4.11. The molecular weight excluding hydrogens is 240 g/mol. The van der Waals surface area contributed by atoms with Gasteiger partial charge in [0.1, 0.15) is 24.3 Å². The van der Waals surface area contributed by atoms with Gasteiger partial charge >= 0.3 is 0 Å². The smallest absolute Gasteiger partial charge is 0.162 e.